The molecule has 2 heteroatoms. The van der Waals surface area contributed by atoms with E-state index < -0.39 is 0 Å². The predicted octanol–water partition coefficient (Wildman–Crippen LogP) is 5.58. The van der Waals surface area contributed by atoms with Gasteiger partial charge < -0.3 is 4.90 Å². The number of carbonyl (C=O) groups is 1. The summed E-state index contributed by atoms with van der Waals surface area (Å²) in [6.07, 6.45) is 8.42. The van der Waals surface area contributed by atoms with Gasteiger partial charge in [0.2, 0.25) is 5.91 Å². The molecule has 1 aliphatic rings. The van der Waals surface area contributed by atoms with Crippen LogP contribution in [-0.2, 0) is 17.9 Å². The average Bonchev–Trinajstić information content (AvgIpc) is 2.68. The van der Waals surface area contributed by atoms with Crippen molar-refractivity contribution in [3.8, 4) is 0 Å². The van der Waals surface area contributed by atoms with Crippen molar-refractivity contribution in [1.82, 2.24) is 4.90 Å². The highest BCUT2D eigenvalue weighted by molar-refractivity contribution is 5.76. The van der Waals surface area contributed by atoms with Gasteiger partial charge in [-0.15, -0.1) is 0 Å². The molecule has 0 unspecified atom stereocenters. The van der Waals surface area contributed by atoms with Crippen LogP contribution in [0.4, 0.5) is 0 Å². The maximum atomic E-state index is 12.9. The maximum Gasteiger partial charge on any atom is 0.223 e. The highest BCUT2D eigenvalue weighted by Crippen LogP contribution is 2.27. The fourth-order valence-electron chi connectivity index (χ4n) is 3.80. The normalized spacial score (nSPS) is 15.0. The third kappa shape index (κ3) is 5.74. The summed E-state index contributed by atoms with van der Waals surface area (Å²) >= 11 is 0. The van der Waals surface area contributed by atoms with E-state index in [1.165, 1.54) is 43.2 Å². The van der Waals surface area contributed by atoms with Gasteiger partial charge in [0, 0.05) is 19.5 Å². The van der Waals surface area contributed by atoms with Crippen molar-refractivity contribution in [3.63, 3.8) is 0 Å². The molecule has 1 fully saturated rings. The number of hydrogen-bond acceptors (Lipinski definition) is 1. The Kier molecular flexibility index (Phi) is 6.67. The van der Waals surface area contributed by atoms with Gasteiger partial charge in [0.25, 0.3) is 0 Å². The average molecular weight is 335 g/mol. The Balaban J connectivity index is 1.62. The summed E-state index contributed by atoms with van der Waals surface area (Å²) in [5.41, 5.74) is 2.40. The Morgan fingerprint density at radius 1 is 0.800 bits per heavy atom. The smallest absolute Gasteiger partial charge is 0.223 e. The highest BCUT2D eigenvalue weighted by Gasteiger charge is 2.18. The first-order valence-electron chi connectivity index (χ1n) is 9.67. The van der Waals surface area contributed by atoms with Crippen LogP contribution in [0.2, 0.25) is 0 Å². The SMILES string of the molecule is O=C(CCC1CCCCC1)N(Cc1ccccc1)Cc1ccccc1. The van der Waals surface area contributed by atoms with E-state index in [2.05, 4.69) is 24.3 Å². The lowest BCUT2D eigenvalue weighted by molar-refractivity contribution is -0.132. The van der Waals surface area contributed by atoms with Gasteiger partial charge in [0.1, 0.15) is 0 Å². The zero-order valence-corrected chi connectivity index (χ0v) is 15.1. The van der Waals surface area contributed by atoms with Crippen molar-refractivity contribution >= 4 is 5.91 Å². The minimum Gasteiger partial charge on any atom is -0.334 e. The van der Waals surface area contributed by atoms with Gasteiger partial charge in [0.15, 0.2) is 0 Å². The topological polar surface area (TPSA) is 20.3 Å². The molecule has 2 nitrogen and oxygen atoms in total. The molecule has 0 atom stereocenters. The fraction of sp³-hybridized carbons (Fsp3) is 0.435. The third-order valence-electron chi connectivity index (χ3n) is 5.28. The molecule has 0 radical (unpaired) electrons. The Morgan fingerprint density at radius 2 is 1.32 bits per heavy atom. The van der Waals surface area contributed by atoms with E-state index in [0.29, 0.717) is 25.4 Å². The van der Waals surface area contributed by atoms with Crippen molar-refractivity contribution in [2.24, 2.45) is 5.92 Å². The standard InChI is InChI=1S/C23H29NO/c25-23(17-16-20-10-4-1-5-11-20)24(18-21-12-6-2-7-13-21)19-22-14-8-3-9-15-22/h2-3,6-9,12-15,20H,1,4-5,10-11,16-19H2. The minimum atomic E-state index is 0.290. The molecule has 0 heterocycles. The van der Waals surface area contributed by atoms with Crippen molar-refractivity contribution in [3.05, 3.63) is 71.8 Å². The van der Waals surface area contributed by atoms with Crippen molar-refractivity contribution in [1.29, 1.82) is 0 Å². The minimum absolute atomic E-state index is 0.290. The largest absolute Gasteiger partial charge is 0.334 e. The first-order chi connectivity index (χ1) is 12.3. The molecule has 0 aliphatic heterocycles. The van der Waals surface area contributed by atoms with Crippen LogP contribution in [0.25, 0.3) is 0 Å². The number of benzene rings is 2. The Labute approximate surface area is 151 Å². The molecule has 0 saturated heterocycles. The van der Waals surface area contributed by atoms with Gasteiger partial charge in [-0.2, -0.15) is 0 Å². The molecule has 132 valence electrons. The zero-order valence-electron chi connectivity index (χ0n) is 15.1. The van der Waals surface area contributed by atoms with E-state index in [0.717, 1.165) is 12.3 Å². The van der Waals surface area contributed by atoms with E-state index in [1.807, 2.05) is 41.3 Å². The lowest BCUT2D eigenvalue weighted by Crippen LogP contribution is -2.30. The summed E-state index contributed by atoms with van der Waals surface area (Å²) in [5, 5.41) is 0. The number of amides is 1. The van der Waals surface area contributed by atoms with Gasteiger partial charge in [-0.05, 0) is 23.5 Å². The van der Waals surface area contributed by atoms with Crippen LogP contribution in [0.1, 0.15) is 56.1 Å². The zero-order chi connectivity index (χ0) is 17.3. The third-order valence-corrected chi connectivity index (χ3v) is 5.28. The number of rotatable bonds is 7. The number of hydrogen-bond donors (Lipinski definition) is 0. The second-order valence-corrected chi connectivity index (χ2v) is 7.26. The Bertz CT molecular complexity index is 590. The molecule has 1 aliphatic carbocycles. The van der Waals surface area contributed by atoms with Gasteiger partial charge >= 0.3 is 0 Å². The maximum absolute atomic E-state index is 12.9. The second kappa shape index (κ2) is 9.41. The van der Waals surface area contributed by atoms with Crippen LogP contribution >= 0.6 is 0 Å². The van der Waals surface area contributed by atoms with Gasteiger partial charge in [-0.3, -0.25) is 4.79 Å². The highest BCUT2D eigenvalue weighted by atomic mass is 16.2. The molecule has 0 bridgehead atoms. The molecular weight excluding hydrogens is 306 g/mol. The van der Waals surface area contributed by atoms with Crippen LogP contribution in [0.5, 0.6) is 0 Å². The van der Waals surface area contributed by atoms with Crippen LogP contribution < -0.4 is 0 Å². The van der Waals surface area contributed by atoms with Crippen LogP contribution in [0.15, 0.2) is 60.7 Å². The van der Waals surface area contributed by atoms with Crippen LogP contribution in [-0.4, -0.2) is 10.8 Å². The summed E-state index contributed by atoms with van der Waals surface area (Å²) in [4.78, 5) is 14.9. The molecule has 0 N–H and O–H groups in total. The van der Waals surface area contributed by atoms with Crippen molar-refractivity contribution in [2.45, 2.75) is 58.0 Å². The first-order valence-corrected chi connectivity index (χ1v) is 9.67. The Hall–Kier alpha value is -2.09. The molecule has 0 aromatic heterocycles. The molecule has 2 aromatic carbocycles. The molecule has 0 spiro atoms. The monoisotopic (exact) mass is 335 g/mol. The summed E-state index contributed by atoms with van der Waals surface area (Å²) in [5.74, 6) is 1.05. The molecule has 25 heavy (non-hydrogen) atoms. The molecule has 3 rings (SSSR count). The molecule has 1 saturated carbocycles. The molecule has 1 amide bonds. The summed E-state index contributed by atoms with van der Waals surface area (Å²) < 4.78 is 0. The van der Waals surface area contributed by atoms with Gasteiger partial charge in [0.05, 0.1) is 0 Å². The fourth-order valence-corrected chi connectivity index (χ4v) is 3.80. The summed E-state index contributed by atoms with van der Waals surface area (Å²) in [6.45, 7) is 1.39. The van der Waals surface area contributed by atoms with Gasteiger partial charge in [-0.1, -0.05) is 92.8 Å². The molecular formula is C23H29NO. The van der Waals surface area contributed by atoms with E-state index >= 15 is 0 Å². The predicted molar refractivity (Wildman–Crippen MR) is 103 cm³/mol. The first kappa shape index (κ1) is 17.7. The van der Waals surface area contributed by atoms with Crippen LogP contribution in [0.3, 0.4) is 0 Å². The van der Waals surface area contributed by atoms with E-state index in [4.69, 9.17) is 0 Å². The van der Waals surface area contributed by atoms with E-state index in [-0.39, 0.29) is 0 Å². The lowest BCUT2D eigenvalue weighted by atomic mass is 9.86. The summed E-state index contributed by atoms with van der Waals surface area (Å²) in [6, 6.07) is 20.6. The second-order valence-electron chi connectivity index (χ2n) is 7.26. The van der Waals surface area contributed by atoms with Gasteiger partial charge in [-0.25, -0.2) is 0 Å². The number of carbonyl (C=O) groups excluding carboxylic acids is 1. The summed E-state index contributed by atoms with van der Waals surface area (Å²) in [7, 11) is 0. The lowest BCUT2D eigenvalue weighted by Gasteiger charge is -2.26. The van der Waals surface area contributed by atoms with E-state index in [1.54, 1.807) is 0 Å². The Morgan fingerprint density at radius 3 is 1.84 bits per heavy atom. The molecule has 2 aromatic rings. The van der Waals surface area contributed by atoms with Crippen molar-refractivity contribution < 1.29 is 4.79 Å². The van der Waals surface area contributed by atoms with E-state index in [9.17, 15) is 4.79 Å². The number of nitrogens with zero attached hydrogens (tertiary/aromatic N) is 1. The quantitative estimate of drug-likeness (QED) is 0.647. The van der Waals surface area contributed by atoms with Crippen LogP contribution in [0, 0.1) is 5.92 Å². The van der Waals surface area contributed by atoms with Crippen molar-refractivity contribution in [2.75, 3.05) is 0 Å².